The number of rotatable bonds is 56. The molecule has 17 N–H and O–H groups in total. The van der Waals surface area contributed by atoms with Crippen molar-refractivity contribution in [3.63, 3.8) is 0 Å². The first-order valence-electron chi connectivity index (χ1n) is 48.4. The van der Waals surface area contributed by atoms with Crippen molar-refractivity contribution >= 4 is 65.0 Å². The molecule has 17 unspecified atom stereocenters. The summed E-state index contributed by atoms with van der Waals surface area (Å²) in [6.45, 7) is 8.06. The van der Waals surface area contributed by atoms with Gasteiger partial charge in [0.15, 0.2) is 18.9 Å². The molecule has 1 saturated carbocycles. The maximum absolute atomic E-state index is 14.4. The number of hydrogen-bond donors (Lipinski definition) is 17. The van der Waals surface area contributed by atoms with Crippen molar-refractivity contribution in [3.8, 4) is 0 Å². The van der Waals surface area contributed by atoms with Crippen LogP contribution in [0.25, 0.3) is 0 Å². The monoisotopic (exact) mass is 1870 g/mol. The van der Waals surface area contributed by atoms with Crippen LogP contribution in [0.5, 0.6) is 0 Å². The van der Waals surface area contributed by atoms with Crippen molar-refractivity contribution in [2.45, 2.75) is 337 Å². The summed E-state index contributed by atoms with van der Waals surface area (Å²) < 4.78 is 34.2. The van der Waals surface area contributed by atoms with E-state index in [4.69, 9.17) is 28.4 Å². The van der Waals surface area contributed by atoms with E-state index in [1.54, 1.807) is 0 Å². The number of likely N-dealkylation sites (tertiary alicyclic amines) is 4. The van der Waals surface area contributed by atoms with E-state index in [2.05, 4.69) is 37.2 Å². The van der Waals surface area contributed by atoms with E-state index in [-0.39, 0.29) is 165 Å². The van der Waals surface area contributed by atoms with Crippen LogP contribution >= 0.6 is 0 Å². The molecule has 8 rings (SSSR count). The number of carbonyl (C=O) groups is 11. The Labute approximate surface area is 793 Å². The van der Waals surface area contributed by atoms with E-state index in [1.807, 2.05) is 19.6 Å². The average molecular weight is 1880 g/mol. The van der Waals surface area contributed by atoms with Gasteiger partial charge in [-0.25, -0.2) is 0 Å². The SMILES string of the molecule is CC(=O)NC1C(OCCCCC(=O)NCCCCCC(=O)N2CCC(C(CCC(=O)NCCCCCC(=O)N3CC4CC(C[O-])(CO)CC4C3)(C3CCN(C(=O)CCCCCNC(=O)CCCCOC4OC(CO)C(O)C(O)C4NC(C)=O)CC3)C3CCN(C(=O)CCCCCNC(=O)CCCCOC4OC(CO)C(O)C(O)C4NC(C)=O)CC3)CC2)OC(CO)C(O)C1O.[Na+]. The number of aliphatic hydroxyl groups is 10. The Hall–Kier alpha value is -5.51. The second-order valence-corrected chi connectivity index (χ2v) is 37.5. The molecule has 744 valence electrons. The zero-order chi connectivity index (χ0) is 94.3. The topological polar surface area (TPSA) is 566 Å². The summed E-state index contributed by atoms with van der Waals surface area (Å²) in [5, 5.41) is 133. The minimum atomic E-state index is -1.44. The fourth-order valence-electron chi connectivity index (χ4n) is 20.8. The number of nitrogens with one attached hydrogen (secondary N) is 7. The molecule has 0 aromatic rings. The van der Waals surface area contributed by atoms with E-state index in [1.165, 1.54) is 20.8 Å². The average Bonchev–Trinajstić information content (AvgIpc) is 1.50. The van der Waals surface area contributed by atoms with E-state index >= 15 is 0 Å². The second-order valence-electron chi connectivity index (χ2n) is 37.5. The maximum atomic E-state index is 14.4. The summed E-state index contributed by atoms with van der Waals surface area (Å²) in [4.78, 5) is 152. The predicted octanol–water partition coefficient (Wildman–Crippen LogP) is -4.22. The van der Waals surface area contributed by atoms with Gasteiger partial charge in [0.2, 0.25) is 65.0 Å². The molecule has 0 bridgehead atoms. The quantitative estimate of drug-likeness (QED) is 0.0203. The first kappa shape index (κ1) is 112. The Morgan fingerprint density at radius 1 is 0.366 bits per heavy atom. The third-order valence-corrected chi connectivity index (χ3v) is 28.1. The Morgan fingerprint density at radius 2 is 0.634 bits per heavy atom. The molecule has 17 atom stereocenters. The van der Waals surface area contributed by atoms with Gasteiger partial charge in [-0.15, -0.1) is 6.61 Å². The third kappa shape index (κ3) is 35.2. The van der Waals surface area contributed by atoms with Crippen molar-refractivity contribution in [2.75, 3.05) is 131 Å². The van der Waals surface area contributed by atoms with Crippen LogP contribution in [0.15, 0.2) is 0 Å². The molecule has 40 heteroatoms. The molecule has 1 aliphatic carbocycles. The zero-order valence-corrected chi connectivity index (χ0v) is 80.0. The molecule has 0 spiro atoms. The minimum absolute atomic E-state index is 0. The minimum Gasteiger partial charge on any atom is -0.854 e. The molecular formula is C91H156N11NaO28. The Bertz CT molecular complexity index is 3170. The Kier molecular flexibility index (Phi) is 50.6. The maximum Gasteiger partial charge on any atom is 1.00 e. The molecule has 0 aromatic heterocycles. The zero-order valence-electron chi connectivity index (χ0n) is 78.0. The van der Waals surface area contributed by atoms with Gasteiger partial charge in [0.25, 0.3) is 0 Å². The number of amides is 11. The van der Waals surface area contributed by atoms with Crippen molar-refractivity contribution < 1.29 is 167 Å². The van der Waals surface area contributed by atoms with Crippen molar-refractivity contribution in [2.24, 2.45) is 40.4 Å². The molecule has 0 radical (unpaired) electrons. The first-order valence-corrected chi connectivity index (χ1v) is 48.4. The largest absolute Gasteiger partial charge is 1.00 e. The van der Waals surface area contributed by atoms with Gasteiger partial charge < -0.3 is 141 Å². The number of carbonyl (C=O) groups excluding carboxylic acids is 11. The van der Waals surface area contributed by atoms with Gasteiger partial charge in [-0.05, 0) is 188 Å². The number of nitrogens with zero attached hydrogens (tertiary/aromatic N) is 4. The second kappa shape index (κ2) is 58.9. The van der Waals surface area contributed by atoms with E-state index in [0.717, 1.165) is 6.42 Å². The predicted molar refractivity (Wildman–Crippen MR) is 468 cm³/mol. The molecule has 11 amide bonds. The van der Waals surface area contributed by atoms with Crippen LogP contribution in [0.3, 0.4) is 0 Å². The standard InChI is InChI=1S/C91H156N11O28.Na/c1-59(108)96-78-84(122)81(119)67(54-103)128-87(78)125-47-19-12-22-70(111)92-37-15-4-8-25-74(115)99-41-30-64(31-42-99)91(36-29-73(114)95-40-18-7-11-28-77(118)102-52-62-50-90(57-106,58-107)51-63(62)53-102,65-32-43-100(44-33-65)75(116)26-9-5-16-38-93-71(112)23-13-20-48-126-88-79(97-60(2)109)85(123)82(120)68(55-104)129-88)66-34-45-101(46-35-66)76(117)27-10-6-17-39-94-72(113)24-14-21-49-127-89-80(98-61(3)110)86(124)83(121)69(56-105)130-89;/h62-69,78-89,103-106,119-124H,4-58H2,1-3H3,(H,92,111)(H,93,112)(H,94,113)(H,95,114)(H,96,108)(H,97,109)(H,98,110);/q-1;+1. The van der Waals surface area contributed by atoms with Crippen LogP contribution < -0.4 is 71.9 Å². The molecule has 7 aliphatic heterocycles. The fourth-order valence-corrected chi connectivity index (χ4v) is 20.8. The van der Waals surface area contributed by atoms with Crippen LogP contribution in [-0.4, -0.2) is 359 Å². The summed E-state index contributed by atoms with van der Waals surface area (Å²) in [6.07, 6.45) is 3.81. The summed E-state index contributed by atoms with van der Waals surface area (Å²) in [5.41, 5.74) is -1.00. The smallest absolute Gasteiger partial charge is 0.854 e. The number of unbranched alkanes of at least 4 members (excludes halogenated alkanes) is 11. The normalized spacial score (nSPS) is 28.3. The van der Waals surface area contributed by atoms with E-state index in [9.17, 15) is 109 Å². The van der Waals surface area contributed by atoms with E-state index in [0.29, 0.717) is 271 Å². The number of hydrogen-bond acceptors (Lipinski definition) is 28. The number of ether oxygens (including phenoxy) is 6. The van der Waals surface area contributed by atoms with Gasteiger partial charge in [-0.1, -0.05) is 25.7 Å². The molecule has 7 saturated heterocycles. The van der Waals surface area contributed by atoms with Crippen LogP contribution in [0.4, 0.5) is 0 Å². The summed E-state index contributed by atoms with van der Waals surface area (Å²) in [6, 6.07) is -3.21. The first-order chi connectivity index (χ1) is 62.5. The third-order valence-electron chi connectivity index (χ3n) is 28.1. The molecule has 131 heavy (non-hydrogen) atoms. The summed E-state index contributed by atoms with van der Waals surface area (Å²) in [7, 11) is 0. The van der Waals surface area contributed by atoms with Gasteiger partial charge in [-0.2, -0.15) is 0 Å². The van der Waals surface area contributed by atoms with Gasteiger partial charge in [0, 0.05) is 177 Å². The van der Waals surface area contributed by atoms with E-state index < -0.39 is 140 Å². The molecule has 39 nitrogen and oxygen atoms in total. The van der Waals surface area contributed by atoms with Gasteiger partial charge >= 0.3 is 29.6 Å². The number of aliphatic hydroxyl groups excluding tert-OH is 10. The molecular weight excluding hydrogens is 1720 g/mol. The molecule has 8 aliphatic rings. The van der Waals surface area contributed by atoms with Crippen LogP contribution in [0.2, 0.25) is 0 Å². The van der Waals surface area contributed by atoms with Crippen molar-refractivity contribution in [3.05, 3.63) is 0 Å². The number of fused-ring (bicyclic) bond motifs is 1. The Morgan fingerprint density at radius 3 is 0.893 bits per heavy atom. The van der Waals surface area contributed by atoms with Crippen LogP contribution in [0.1, 0.15) is 245 Å². The van der Waals surface area contributed by atoms with Crippen LogP contribution in [-0.2, 0) is 81.2 Å². The molecule has 0 aromatic carbocycles. The Balaban J connectivity index is 0.0000235. The number of piperidine rings is 3. The van der Waals surface area contributed by atoms with Gasteiger partial charge in [0.1, 0.15) is 73.1 Å². The summed E-state index contributed by atoms with van der Waals surface area (Å²) in [5.74, 6) is -0.934. The summed E-state index contributed by atoms with van der Waals surface area (Å²) >= 11 is 0. The fraction of sp³-hybridized carbons (Fsp3) is 0.879. The molecule has 8 fully saturated rings. The molecule has 7 heterocycles. The van der Waals surface area contributed by atoms with Crippen LogP contribution in [0, 0.1) is 40.4 Å². The van der Waals surface area contributed by atoms with Gasteiger partial charge in [-0.3, -0.25) is 52.7 Å². The van der Waals surface area contributed by atoms with Crippen molar-refractivity contribution in [1.29, 1.82) is 0 Å². The van der Waals surface area contributed by atoms with Gasteiger partial charge in [0.05, 0.1) is 19.8 Å². The van der Waals surface area contributed by atoms with Crippen molar-refractivity contribution in [1.82, 2.24) is 56.8 Å².